The van der Waals surface area contributed by atoms with Crippen molar-refractivity contribution in [1.29, 1.82) is 0 Å². The molecule has 0 spiro atoms. The van der Waals surface area contributed by atoms with Gasteiger partial charge in [0, 0.05) is 12.3 Å². The highest BCUT2D eigenvalue weighted by Crippen LogP contribution is 2.43. The molecule has 5 N–H and O–H groups in total. The lowest BCUT2D eigenvalue weighted by Crippen LogP contribution is -2.38. The Morgan fingerprint density at radius 3 is 2.62 bits per heavy atom. The van der Waals surface area contributed by atoms with Crippen LogP contribution in [0, 0.1) is 0 Å². The summed E-state index contributed by atoms with van der Waals surface area (Å²) in [6.07, 6.45) is -4.76. The molecule has 2 rings (SSSR count). The Bertz CT molecular complexity index is 664. The number of phosphoric ester groups is 1. The Hall–Kier alpha value is -1.33. The number of aliphatic hydroxyl groups excluding tert-OH is 2. The minimum Gasteiger partial charge on any atom is -0.394 e. The minimum absolute atomic E-state index is 0.662. The van der Waals surface area contributed by atoms with Crippen molar-refractivity contribution < 1.29 is 33.8 Å². The number of rotatable bonds is 4. The van der Waals surface area contributed by atoms with Crippen molar-refractivity contribution in [3.8, 4) is 0 Å². The van der Waals surface area contributed by atoms with Crippen LogP contribution in [-0.4, -0.2) is 54.5 Å². The zero-order valence-electron chi connectivity index (χ0n) is 10.4. The summed E-state index contributed by atoms with van der Waals surface area (Å²) in [5.74, 6) is 0. The number of aromatic amines is 1. The maximum absolute atomic E-state index is 11.6. The molecule has 1 aromatic heterocycles. The van der Waals surface area contributed by atoms with Crippen molar-refractivity contribution in [2.75, 3.05) is 6.61 Å². The highest BCUT2D eigenvalue weighted by Gasteiger charge is 2.48. The predicted octanol–water partition coefficient (Wildman–Crippen LogP) is -2.73. The van der Waals surface area contributed by atoms with Crippen LogP contribution in [0.1, 0.15) is 6.23 Å². The number of hydrogen-bond acceptors (Lipinski definition) is 7. The van der Waals surface area contributed by atoms with E-state index in [0.29, 0.717) is 0 Å². The molecule has 0 aromatic carbocycles. The number of nitrogens with one attached hydrogen (secondary N) is 1. The molecule has 0 radical (unpaired) electrons. The zero-order chi connectivity index (χ0) is 15.8. The molecule has 118 valence electrons. The van der Waals surface area contributed by atoms with E-state index in [9.17, 15) is 19.3 Å². The lowest BCUT2D eigenvalue weighted by Gasteiger charge is -2.20. The Morgan fingerprint density at radius 1 is 1.43 bits per heavy atom. The van der Waals surface area contributed by atoms with Crippen molar-refractivity contribution in [3.05, 3.63) is 33.1 Å². The molecule has 1 aliphatic rings. The summed E-state index contributed by atoms with van der Waals surface area (Å²) < 4.78 is 21.2. The van der Waals surface area contributed by atoms with Gasteiger partial charge in [-0.05, 0) is 0 Å². The zero-order valence-corrected chi connectivity index (χ0v) is 11.3. The van der Waals surface area contributed by atoms with E-state index >= 15 is 0 Å². The van der Waals surface area contributed by atoms with Gasteiger partial charge < -0.3 is 24.7 Å². The first kappa shape index (κ1) is 16.0. The second-order valence-corrected chi connectivity index (χ2v) is 5.51. The standard InChI is InChI=1S/C9H13N2O9P/c12-3-4-7(20-21(16,17)18)6(14)8(19-4)11-2-1-5(13)10-9(11)15/h1-2,4,6-8,12,14H,3H2,(H,10,13,15)(H2,16,17,18). The Kier molecular flexibility index (Phi) is 4.44. The molecule has 4 atom stereocenters. The number of nitrogens with zero attached hydrogens (tertiary/aromatic N) is 1. The quantitative estimate of drug-likeness (QED) is 0.368. The first-order valence-corrected chi connectivity index (χ1v) is 7.26. The normalized spacial score (nSPS) is 29.7. The molecule has 1 saturated heterocycles. The number of phosphoric acid groups is 1. The van der Waals surface area contributed by atoms with Crippen molar-refractivity contribution >= 4 is 7.82 Å². The van der Waals surface area contributed by atoms with Crippen molar-refractivity contribution in [3.63, 3.8) is 0 Å². The predicted molar refractivity (Wildman–Crippen MR) is 65.2 cm³/mol. The highest BCUT2D eigenvalue weighted by atomic mass is 31.2. The lowest BCUT2D eigenvalue weighted by atomic mass is 10.1. The van der Waals surface area contributed by atoms with Gasteiger partial charge in [-0.2, -0.15) is 0 Å². The Balaban J connectivity index is 2.33. The van der Waals surface area contributed by atoms with E-state index in [1.807, 2.05) is 4.98 Å². The third kappa shape index (κ3) is 3.47. The molecule has 2 heterocycles. The van der Waals surface area contributed by atoms with Crippen molar-refractivity contribution in [2.45, 2.75) is 24.5 Å². The van der Waals surface area contributed by atoms with Crippen LogP contribution in [-0.2, 0) is 13.8 Å². The molecule has 0 saturated carbocycles. The molecule has 0 aliphatic carbocycles. The van der Waals surface area contributed by atoms with Gasteiger partial charge >= 0.3 is 13.5 Å². The monoisotopic (exact) mass is 324 g/mol. The van der Waals surface area contributed by atoms with Gasteiger partial charge in [0.05, 0.1) is 6.61 Å². The maximum Gasteiger partial charge on any atom is 0.470 e. The summed E-state index contributed by atoms with van der Waals surface area (Å²) >= 11 is 0. The average Bonchev–Trinajstić information content (AvgIpc) is 2.65. The van der Waals surface area contributed by atoms with Crippen LogP contribution >= 0.6 is 7.82 Å². The van der Waals surface area contributed by atoms with E-state index in [1.165, 1.54) is 0 Å². The highest BCUT2D eigenvalue weighted by molar-refractivity contribution is 7.46. The van der Waals surface area contributed by atoms with Crippen LogP contribution in [0.5, 0.6) is 0 Å². The Labute approximate surface area is 116 Å². The summed E-state index contributed by atoms with van der Waals surface area (Å²) in [6.45, 7) is -0.698. The number of aromatic nitrogens is 2. The third-order valence-corrected chi connectivity index (χ3v) is 3.39. The van der Waals surface area contributed by atoms with Crippen LogP contribution in [0.25, 0.3) is 0 Å². The fourth-order valence-corrected chi connectivity index (χ4v) is 2.59. The van der Waals surface area contributed by atoms with Gasteiger partial charge in [-0.3, -0.25) is 18.9 Å². The molecule has 4 unspecified atom stereocenters. The minimum atomic E-state index is -4.94. The van der Waals surface area contributed by atoms with Crippen molar-refractivity contribution in [1.82, 2.24) is 9.55 Å². The molecule has 21 heavy (non-hydrogen) atoms. The van der Waals surface area contributed by atoms with Crippen LogP contribution in [0.15, 0.2) is 21.9 Å². The smallest absolute Gasteiger partial charge is 0.394 e. The molecule has 0 amide bonds. The lowest BCUT2D eigenvalue weighted by molar-refractivity contribution is -0.0549. The molecular weight excluding hydrogens is 311 g/mol. The largest absolute Gasteiger partial charge is 0.470 e. The van der Waals surface area contributed by atoms with Crippen LogP contribution in [0.3, 0.4) is 0 Å². The summed E-state index contributed by atoms with van der Waals surface area (Å²) in [7, 11) is -4.94. The molecule has 1 aliphatic heterocycles. The first-order valence-electron chi connectivity index (χ1n) is 5.73. The third-order valence-electron chi connectivity index (χ3n) is 2.87. The summed E-state index contributed by atoms with van der Waals surface area (Å²) in [5, 5.41) is 19.1. The molecular formula is C9H13N2O9P. The van der Waals surface area contributed by atoms with E-state index in [1.54, 1.807) is 0 Å². The second-order valence-electron chi connectivity index (χ2n) is 4.32. The van der Waals surface area contributed by atoms with Gasteiger partial charge in [0.1, 0.15) is 18.3 Å². The van der Waals surface area contributed by atoms with Gasteiger partial charge in [-0.15, -0.1) is 0 Å². The van der Waals surface area contributed by atoms with Crippen LogP contribution in [0.4, 0.5) is 0 Å². The van der Waals surface area contributed by atoms with E-state index in [0.717, 1.165) is 16.8 Å². The van der Waals surface area contributed by atoms with Gasteiger partial charge in [0.25, 0.3) is 5.56 Å². The molecule has 1 aromatic rings. The average molecular weight is 324 g/mol. The fourth-order valence-electron chi connectivity index (χ4n) is 2.01. The number of hydrogen-bond donors (Lipinski definition) is 5. The number of aliphatic hydroxyl groups is 2. The SMILES string of the molecule is O=c1ccn(C2OC(CO)C(OP(=O)(O)O)C2O)c(=O)[nH]1. The maximum atomic E-state index is 11.6. The number of H-pyrrole nitrogens is 1. The van der Waals surface area contributed by atoms with E-state index in [-0.39, 0.29) is 0 Å². The summed E-state index contributed by atoms with van der Waals surface area (Å²) in [5.41, 5.74) is -1.55. The van der Waals surface area contributed by atoms with Gasteiger partial charge in [0.15, 0.2) is 6.23 Å². The van der Waals surface area contributed by atoms with Crippen LogP contribution < -0.4 is 11.2 Å². The van der Waals surface area contributed by atoms with Gasteiger partial charge in [-0.25, -0.2) is 9.36 Å². The van der Waals surface area contributed by atoms with Gasteiger partial charge in [0.2, 0.25) is 0 Å². The Morgan fingerprint density at radius 2 is 2.10 bits per heavy atom. The first-order chi connectivity index (χ1) is 9.73. The van der Waals surface area contributed by atoms with Gasteiger partial charge in [-0.1, -0.05) is 0 Å². The fraction of sp³-hybridized carbons (Fsp3) is 0.556. The van der Waals surface area contributed by atoms with Crippen molar-refractivity contribution in [2.24, 2.45) is 0 Å². The molecule has 12 heteroatoms. The van der Waals surface area contributed by atoms with E-state index < -0.39 is 50.2 Å². The van der Waals surface area contributed by atoms with E-state index in [4.69, 9.17) is 19.6 Å². The topological polar surface area (TPSA) is 171 Å². The number of ether oxygens (including phenoxy) is 1. The molecule has 1 fully saturated rings. The summed E-state index contributed by atoms with van der Waals surface area (Å²) in [4.78, 5) is 42.1. The summed E-state index contributed by atoms with van der Waals surface area (Å²) in [6, 6.07) is 1.00. The van der Waals surface area contributed by atoms with E-state index in [2.05, 4.69) is 4.52 Å². The molecule has 11 nitrogen and oxygen atoms in total. The molecule has 0 bridgehead atoms. The second kappa shape index (κ2) is 5.81. The van der Waals surface area contributed by atoms with Crippen LogP contribution in [0.2, 0.25) is 0 Å².